The van der Waals surface area contributed by atoms with Gasteiger partial charge in [0, 0.05) is 18.2 Å². The highest BCUT2D eigenvalue weighted by Crippen LogP contribution is 2.43. The number of anilines is 1. The first kappa shape index (κ1) is 31.0. The summed E-state index contributed by atoms with van der Waals surface area (Å²) in [6.45, 7) is -0.320. The van der Waals surface area contributed by atoms with Crippen LogP contribution in [-0.4, -0.2) is 59.7 Å². The first-order valence-electron chi connectivity index (χ1n) is 12.0. The summed E-state index contributed by atoms with van der Waals surface area (Å²) in [5, 5.41) is 9.79. The van der Waals surface area contributed by atoms with Crippen LogP contribution < -0.4 is 10.6 Å². The predicted octanol–water partition coefficient (Wildman–Crippen LogP) is 3.78. The molecule has 0 aliphatic carbocycles. The molecule has 1 unspecified atom stereocenters. The van der Waals surface area contributed by atoms with Crippen molar-refractivity contribution in [3.05, 3.63) is 59.8 Å². The highest BCUT2D eigenvalue weighted by Gasteiger charge is 2.62. The molecule has 2 aromatic heterocycles. The molecule has 0 saturated heterocycles. The van der Waals surface area contributed by atoms with E-state index in [4.69, 9.17) is 10.2 Å². The number of nitrogens with two attached hydrogens (primary N) is 1. The number of methoxy groups -OCH3 is 1. The van der Waals surface area contributed by atoms with Gasteiger partial charge in [-0.3, -0.25) is 4.79 Å². The van der Waals surface area contributed by atoms with Crippen LogP contribution in [0.15, 0.2) is 56.3 Å². The number of benzene rings is 2. The molecule has 2 N–H and O–H groups in total. The van der Waals surface area contributed by atoms with E-state index in [-0.39, 0.29) is 34.1 Å². The molecule has 234 valence electrons. The fraction of sp³-hybridized carbons (Fsp3) is 0.292. The molecular formula is C24H17F7N6O6S. The Morgan fingerprint density at radius 3 is 2.25 bits per heavy atom. The summed E-state index contributed by atoms with van der Waals surface area (Å²) in [6.07, 6.45) is -10.4. The van der Waals surface area contributed by atoms with Crippen LogP contribution in [0.1, 0.15) is 17.3 Å². The van der Waals surface area contributed by atoms with Crippen molar-refractivity contribution < 1.29 is 57.6 Å². The fourth-order valence-electron chi connectivity index (χ4n) is 4.20. The second kappa shape index (κ2) is 10.6. The second-order valence-corrected chi connectivity index (χ2v) is 11.3. The molecule has 0 saturated carbocycles. The van der Waals surface area contributed by atoms with Gasteiger partial charge in [0.1, 0.15) is 0 Å². The molecule has 2 aromatic carbocycles. The lowest BCUT2D eigenvalue weighted by Gasteiger charge is -2.24. The van der Waals surface area contributed by atoms with Gasteiger partial charge in [0.05, 0.1) is 28.9 Å². The maximum atomic E-state index is 14.6. The predicted molar refractivity (Wildman–Crippen MR) is 132 cm³/mol. The molecule has 0 radical (unpaired) electrons. The van der Waals surface area contributed by atoms with E-state index in [2.05, 4.69) is 29.6 Å². The normalized spacial score (nSPS) is 18.5. The van der Waals surface area contributed by atoms with Gasteiger partial charge in [-0.15, -0.1) is 10.2 Å². The van der Waals surface area contributed by atoms with Crippen molar-refractivity contribution in [1.82, 2.24) is 20.3 Å². The van der Waals surface area contributed by atoms with Crippen molar-refractivity contribution in [2.75, 3.05) is 17.8 Å². The topological polar surface area (TPSA) is 168 Å². The molecule has 44 heavy (non-hydrogen) atoms. The Morgan fingerprint density at radius 2 is 1.66 bits per heavy atom. The van der Waals surface area contributed by atoms with E-state index in [9.17, 15) is 43.9 Å². The summed E-state index contributed by atoms with van der Waals surface area (Å²) in [5.74, 6) is -10.2. The minimum absolute atomic E-state index is 0.128. The van der Waals surface area contributed by atoms with Gasteiger partial charge in [0.25, 0.3) is 5.89 Å². The third-order valence-electron chi connectivity index (χ3n) is 6.38. The lowest BCUT2D eigenvalue weighted by atomic mass is 10.1. The first-order chi connectivity index (χ1) is 20.4. The minimum atomic E-state index is -5.59. The Balaban J connectivity index is 1.52. The number of sulfone groups is 1. The molecule has 20 heteroatoms. The molecule has 2 atom stereocenters. The summed E-state index contributed by atoms with van der Waals surface area (Å²) >= 11 is 0. The van der Waals surface area contributed by atoms with Crippen molar-refractivity contribution in [2.45, 2.75) is 35.7 Å². The number of halogens is 7. The molecule has 1 amide bonds. The molecule has 4 aromatic rings. The summed E-state index contributed by atoms with van der Waals surface area (Å²) in [5.41, 5.74) is 5.91. The fourth-order valence-corrected chi connectivity index (χ4v) is 5.75. The van der Waals surface area contributed by atoms with Gasteiger partial charge >= 0.3 is 24.1 Å². The Hall–Kier alpha value is -4.43. The van der Waals surface area contributed by atoms with E-state index in [1.165, 1.54) is 24.3 Å². The summed E-state index contributed by atoms with van der Waals surface area (Å²) in [6, 6.07) is 7.14. The lowest BCUT2D eigenvalue weighted by molar-refractivity contribution is -0.341. The number of alkyl halides is 7. The standard InChI is InChI=1S/C24H17F7N6O6S/c1-41-22(25,24(29,30)31)20-35-34-18(42-20)13-6-7-16-15(8-13)37(19(38)14(32)10-44(16,39)40)9-11-2-4-12(5-3-11)17-33-21(43-36-17)23(26,27)28/h2-8,14H,9-10,32H2,1H3/t14-,22?/m0/s1. The highest BCUT2D eigenvalue weighted by atomic mass is 32.2. The van der Waals surface area contributed by atoms with Gasteiger partial charge in [-0.2, -0.15) is 35.7 Å². The highest BCUT2D eigenvalue weighted by molar-refractivity contribution is 7.91. The average molecular weight is 650 g/mol. The number of ether oxygens (including phenoxy) is 1. The number of rotatable bonds is 6. The van der Waals surface area contributed by atoms with Crippen LogP contribution in [-0.2, 0) is 37.9 Å². The van der Waals surface area contributed by atoms with Crippen molar-refractivity contribution in [2.24, 2.45) is 5.73 Å². The summed E-state index contributed by atoms with van der Waals surface area (Å²) in [7, 11) is -3.74. The molecule has 1 aliphatic rings. The summed E-state index contributed by atoms with van der Waals surface area (Å²) in [4.78, 5) is 17.2. The minimum Gasteiger partial charge on any atom is -0.415 e. The average Bonchev–Trinajstić information content (AvgIpc) is 3.64. The molecule has 0 bridgehead atoms. The number of carbonyl (C=O) groups excluding carboxylic acids is 1. The van der Waals surface area contributed by atoms with Crippen LogP contribution in [0.2, 0.25) is 0 Å². The van der Waals surface area contributed by atoms with Crippen LogP contribution >= 0.6 is 0 Å². The van der Waals surface area contributed by atoms with E-state index in [1.807, 2.05) is 0 Å². The maximum Gasteiger partial charge on any atom is 0.471 e. The third kappa shape index (κ3) is 5.50. The molecule has 0 spiro atoms. The van der Waals surface area contributed by atoms with Crippen LogP contribution in [0.3, 0.4) is 0 Å². The Morgan fingerprint density at radius 1 is 1.00 bits per heavy atom. The van der Waals surface area contributed by atoms with Crippen LogP contribution in [0.5, 0.6) is 0 Å². The van der Waals surface area contributed by atoms with Crippen molar-refractivity contribution >= 4 is 21.4 Å². The number of carbonyl (C=O) groups is 1. The van der Waals surface area contributed by atoms with E-state index in [1.54, 1.807) is 0 Å². The SMILES string of the molecule is COC(F)(c1nnc(-c2ccc3c(c2)N(Cc2ccc(-c4noc(C(F)(F)F)n4)cc2)C(=O)[C@@H](N)CS3(=O)=O)o1)C(F)(F)F. The molecule has 5 rings (SSSR count). The van der Waals surface area contributed by atoms with E-state index in [0.717, 1.165) is 23.1 Å². The monoisotopic (exact) mass is 650 g/mol. The van der Waals surface area contributed by atoms with Crippen LogP contribution in [0.4, 0.5) is 36.4 Å². The first-order valence-corrected chi connectivity index (χ1v) is 13.7. The van der Waals surface area contributed by atoms with Crippen molar-refractivity contribution in [1.29, 1.82) is 0 Å². The number of fused-ring (bicyclic) bond motifs is 1. The molecule has 3 heterocycles. The zero-order valence-corrected chi connectivity index (χ0v) is 22.7. The molecule has 1 aliphatic heterocycles. The van der Waals surface area contributed by atoms with E-state index in [0.29, 0.717) is 12.7 Å². The number of hydrogen-bond donors (Lipinski definition) is 1. The number of amides is 1. The van der Waals surface area contributed by atoms with E-state index >= 15 is 0 Å². The quantitative estimate of drug-likeness (QED) is 0.302. The van der Waals surface area contributed by atoms with Crippen molar-refractivity contribution in [3.63, 3.8) is 0 Å². The maximum absolute atomic E-state index is 14.6. The van der Waals surface area contributed by atoms with E-state index < -0.39 is 63.4 Å². The van der Waals surface area contributed by atoms with Gasteiger partial charge in [-0.25, -0.2) is 8.42 Å². The Kier molecular flexibility index (Phi) is 7.49. The van der Waals surface area contributed by atoms with Gasteiger partial charge < -0.3 is 24.3 Å². The van der Waals surface area contributed by atoms with Gasteiger partial charge in [-0.05, 0) is 23.8 Å². The summed E-state index contributed by atoms with van der Waals surface area (Å²) < 4.78 is 132. The largest absolute Gasteiger partial charge is 0.471 e. The molecular weight excluding hydrogens is 633 g/mol. The zero-order valence-electron chi connectivity index (χ0n) is 21.8. The van der Waals surface area contributed by atoms with Gasteiger partial charge in [0.15, 0.2) is 9.84 Å². The molecule has 0 fully saturated rings. The van der Waals surface area contributed by atoms with Crippen LogP contribution in [0.25, 0.3) is 22.8 Å². The number of hydrogen-bond acceptors (Lipinski definition) is 11. The Bertz CT molecular complexity index is 1820. The van der Waals surface area contributed by atoms with Crippen LogP contribution in [0, 0.1) is 0 Å². The lowest BCUT2D eigenvalue weighted by Crippen LogP contribution is -2.45. The second-order valence-electron chi connectivity index (χ2n) is 9.32. The molecule has 12 nitrogen and oxygen atoms in total. The number of aromatic nitrogens is 4. The van der Waals surface area contributed by atoms with Crippen molar-refractivity contribution in [3.8, 4) is 22.8 Å². The Labute approximate surface area is 241 Å². The third-order valence-corrected chi connectivity index (χ3v) is 8.19. The number of nitrogens with zero attached hydrogens (tertiary/aromatic N) is 5. The zero-order chi connectivity index (χ0) is 32.2. The van der Waals surface area contributed by atoms with Gasteiger partial charge in [0.2, 0.25) is 17.6 Å². The van der Waals surface area contributed by atoms with Gasteiger partial charge in [-0.1, -0.05) is 29.4 Å². The smallest absolute Gasteiger partial charge is 0.415 e.